The highest BCUT2D eigenvalue weighted by atomic mass is 79.9. The van der Waals surface area contributed by atoms with E-state index in [9.17, 15) is 9.59 Å². The number of benzene rings is 2. The van der Waals surface area contributed by atoms with Crippen molar-refractivity contribution >= 4 is 39.5 Å². The van der Waals surface area contributed by atoms with Crippen molar-refractivity contribution in [3.63, 3.8) is 0 Å². The van der Waals surface area contributed by atoms with Gasteiger partial charge in [-0.2, -0.15) is 0 Å². The Bertz CT molecular complexity index is 879. The minimum atomic E-state index is -0.0185. The molecule has 148 valence electrons. The minimum Gasteiger partial charge on any atom is -0.349 e. The van der Waals surface area contributed by atoms with Crippen LogP contribution in [-0.4, -0.2) is 35.6 Å². The number of hydrogen-bond donors (Lipinski definition) is 1. The van der Waals surface area contributed by atoms with Gasteiger partial charge in [0.25, 0.3) is 5.91 Å². The SMILES string of the molecule is Cc1cc(SCC(=O)N(C)Cc2ccc(C(=O)NC3CC3)cc2)c(C)cc1Br. The third kappa shape index (κ3) is 5.61. The molecule has 1 N–H and O–H groups in total. The van der Waals surface area contributed by atoms with Gasteiger partial charge in [0.1, 0.15) is 0 Å². The number of aryl methyl sites for hydroxylation is 2. The molecule has 0 aliphatic heterocycles. The van der Waals surface area contributed by atoms with Crippen LogP contribution in [0.1, 0.15) is 39.9 Å². The Morgan fingerprint density at radius 1 is 1.14 bits per heavy atom. The van der Waals surface area contributed by atoms with Gasteiger partial charge >= 0.3 is 0 Å². The quantitative estimate of drug-likeness (QED) is 0.608. The maximum absolute atomic E-state index is 12.5. The van der Waals surface area contributed by atoms with Gasteiger partial charge in [-0.05, 0) is 67.6 Å². The Labute approximate surface area is 179 Å². The van der Waals surface area contributed by atoms with Gasteiger partial charge < -0.3 is 10.2 Å². The standard InChI is InChI=1S/C22H25BrN2O2S/c1-14-11-20(15(2)10-19(14)23)28-13-21(26)25(3)12-16-4-6-17(7-5-16)22(27)24-18-8-9-18/h4-7,10-11,18H,8-9,12-13H2,1-3H3,(H,24,27). The van der Waals surface area contributed by atoms with Crippen molar-refractivity contribution in [2.75, 3.05) is 12.8 Å². The van der Waals surface area contributed by atoms with Crippen molar-refractivity contribution in [2.45, 2.75) is 44.2 Å². The Balaban J connectivity index is 1.52. The molecule has 4 nitrogen and oxygen atoms in total. The van der Waals surface area contributed by atoms with E-state index in [1.807, 2.05) is 31.3 Å². The summed E-state index contributed by atoms with van der Waals surface area (Å²) in [4.78, 5) is 27.4. The minimum absolute atomic E-state index is 0.0185. The number of nitrogens with zero attached hydrogens (tertiary/aromatic N) is 1. The van der Waals surface area contributed by atoms with E-state index < -0.39 is 0 Å². The molecule has 0 bridgehead atoms. The number of carbonyl (C=O) groups is 2. The first-order valence-electron chi connectivity index (χ1n) is 9.37. The lowest BCUT2D eigenvalue weighted by Crippen LogP contribution is -2.28. The molecule has 0 atom stereocenters. The molecule has 0 heterocycles. The largest absolute Gasteiger partial charge is 0.349 e. The van der Waals surface area contributed by atoms with E-state index in [-0.39, 0.29) is 11.8 Å². The van der Waals surface area contributed by atoms with Gasteiger partial charge in [-0.3, -0.25) is 9.59 Å². The van der Waals surface area contributed by atoms with E-state index in [4.69, 9.17) is 0 Å². The first-order valence-corrected chi connectivity index (χ1v) is 11.1. The van der Waals surface area contributed by atoms with Gasteiger partial charge in [-0.25, -0.2) is 0 Å². The van der Waals surface area contributed by atoms with E-state index >= 15 is 0 Å². The van der Waals surface area contributed by atoms with E-state index in [1.165, 1.54) is 5.56 Å². The first-order chi connectivity index (χ1) is 13.3. The lowest BCUT2D eigenvalue weighted by molar-refractivity contribution is -0.127. The monoisotopic (exact) mass is 460 g/mol. The van der Waals surface area contributed by atoms with E-state index in [0.717, 1.165) is 33.3 Å². The summed E-state index contributed by atoms with van der Waals surface area (Å²) in [6.45, 7) is 4.64. The molecule has 2 aromatic rings. The zero-order chi connectivity index (χ0) is 20.3. The second kappa shape index (κ2) is 9.14. The molecule has 28 heavy (non-hydrogen) atoms. The van der Waals surface area contributed by atoms with Gasteiger partial charge in [0.15, 0.2) is 0 Å². The molecule has 1 fully saturated rings. The van der Waals surface area contributed by atoms with Crippen molar-refractivity contribution < 1.29 is 9.59 Å². The highest BCUT2D eigenvalue weighted by Gasteiger charge is 2.23. The summed E-state index contributed by atoms with van der Waals surface area (Å²) in [7, 11) is 1.82. The molecule has 0 radical (unpaired) electrons. The molecule has 3 rings (SSSR count). The fraction of sp³-hybridized carbons (Fsp3) is 0.364. The summed E-state index contributed by atoms with van der Waals surface area (Å²) >= 11 is 5.11. The molecule has 6 heteroatoms. The van der Waals surface area contributed by atoms with Crippen molar-refractivity contribution in [1.82, 2.24) is 10.2 Å². The number of thioether (sulfide) groups is 1. The van der Waals surface area contributed by atoms with Crippen LogP contribution < -0.4 is 5.32 Å². The molecule has 0 unspecified atom stereocenters. The number of carbonyl (C=O) groups excluding carboxylic acids is 2. The zero-order valence-corrected chi connectivity index (χ0v) is 18.8. The number of amides is 2. The lowest BCUT2D eigenvalue weighted by Gasteiger charge is -2.18. The Morgan fingerprint density at radius 3 is 2.46 bits per heavy atom. The third-order valence-corrected chi connectivity index (χ3v) is 6.78. The normalized spacial score (nSPS) is 13.3. The van der Waals surface area contributed by atoms with Crippen molar-refractivity contribution in [3.05, 3.63) is 63.1 Å². The molecule has 2 amide bonds. The Kier molecular flexibility index (Phi) is 6.83. The second-order valence-corrected chi connectivity index (χ2v) is 9.22. The van der Waals surface area contributed by atoms with Gasteiger partial charge in [-0.15, -0.1) is 11.8 Å². The fourth-order valence-electron chi connectivity index (χ4n) is 2.78. The smallest absolute Gasteiger partial charge is 0.251 e. The van der Waals surface area contributed by atoms with Gasteiger partial charge in [0, 0.05) is 34.6 Å². The van der Waals surface area contributed by atoms with E-state index in [2.05, 4.69) is 47.2 Å². The summed E-state index contributed by atoms with van der Waals surface area (Å²) in [6, 6.07) is 12.0. The number of halogens is 1. The highest BCUT2D eigenvalue weighted by Crippen LogP contribution is 2.28. The Hall–Kier alpha value is -1.79. The van der Waals surface area contributed by atoms with Gasteiger partial charge in [-0.1, -0.05) is 28.1 Å². The summed E-state index contributed by atoms with van der Waals surface area (Å²) in [5.74, 6) is 0.468. The van der Waals surface area contributed by atoms with Gasteiger partial charge in [0.05, 0.1) is 5.75 Å². The molecular weight excluding hydrogens is 436 g/mol. The number of hydrogen-bond acceptors (Lipinski definition) is 3. The molecular formula is C22H25BrN2O2S. The Morgan fingerprint density at radius 2 is 1.82 bits per heavy atom. The molecule has 2 aromatic carbocycles. The van der Waals surface area contributed by atoms with Crippen LogP contribution in [0.25, 0.3) is 0 Å². The number of nitrogens with one attached hydrogen (secondary N) is 1. The topological polar surface area (TPSA) is 49.4 Å². The van der Waals surface area contributed by atoms with Crippen LogP contribution in [0.5, 0.6) is 0 Å². The predicted molar refractivity (Wildman–Crippen MR) is 118 cm³/mol. The first kappa shape index (κ1) is 20.9. The average molecular weight is 461 g/mol. The molecule has 0 spiro atoms. The highest BCUT2D eigenvalue weighted by molar-refractivity contribution is 9.10. The van der Waals surface area contributed by atoms with Crippen LogP contribution >= 0.6 is 27.7 Å². The molecule has 0 saturated heterocycles. The van der Waals surface area contributed by atoms with Crippen molar-refractivity contribution in [2.24, 2.45) is 0 Å². The summed E-state index contributed by atoms with van der Waals surface area (Å²) in [5.41, 5.74) is 4.01. The van der Waals surface area contributed by atoms with Gasteiger partial charge in [0.2, 0.25) is 5.91 Å². The van der Waals surface area contributed by atoms with Crippen LogP contribution in [0, 0.1) is 13.8 Å². The average Bonchev–Trinajstić information content (AvgIpc) is 3.47. The van der Waals surface area contributed by atoms with Crippen LogP contribution in [0.3, 0.4) is 0 Å². The van der Waals surface area contributed by atoms with Crippen molar-refractivity contribution in [1.29, 1.82) is 0 Å². The zero-order valence-electron chi connectivity index (χ0n) is 16.4. The van der Waals surface area contributed by atoms with Crippen LogP contribution in [0.4, 0.5) is 0 Å². The predicted octanol–water partition coefficient (Wildman–Crippen LogP) is 4.71. The molecule has 1 aliphatic rings. The third-order valence-electron chi connectivity index (χ3n) is 4.78. The molecule has 1 aliphatic carbocycles. The summed E-state index contributed by atoms with van der Waals surface area (Å²) < 4.78 is 1.09. The molecule has 1 saturated carbocycles. The van der Waals surface area contributed by atoms with Crippen molar-refractivity contribution in [3.8, 4) is 0 Å². The van der Waals surface area contributed by atoms with Crippen LogP contribution in [-0.2, 0) is 11.3 Å². The summed E-state index contributed by atoms with van der Waals surface area (Å²) in [5, 5.41) is 2.98. The van der Waals surface area contributed by atoms with Crippen LogP contribution in [0.2, 0.25) is 0 Å². The maximum Gasteiger partial charge on any atom is 0.251 e. The maximum atomic E-state index is 12.5. The van der Waals surface area contributed by atoms with E-state index in [0.29, 0.717) is 23.9 Å². The lowest BCUT2D eigenvalue weighted by atomic mass is 10.1. The van der Waals surface area contributed by atoms with E-state index in [1.54, 1.807) is 16.7 Å². The fourth-order valence-corrected chi connectivity index (χ4v) is 4.28. The number of rotatable bonds is 7. The summed E-state index contributed by atoms with van der Waals surface area (Å²) in [6.07, 6.45) is 2.15. The van der Waals surface area contributed by atoms with Crippen LogP contribution in [0.15, 0.2) is 45.8 Å². The second-order valence-electron chi connectivity index (χ2n) is 7.35. The molecule has 0 aromatic heterocycles.